The number of likely N-dealkylation sites (tertiary alicyclic amines) is 1. The highest BCUT2D eigenvalue weighted by Gasteiger charge is 2.35. The van der Waals surface area contributed by atoms with Crippen molar-refractivity contribution in [2.24, 2.45) is 11.7 Å². The van der Waals surface area contributed by atoms with Crippen LogP contribution in [-0.4, -0.2) is 49.4 Å². The summed E-state index contributed by atoms with van der Waals surface area (Å²) in [6.07, 6.45) is 0. The van der Waals surface area contributed by atoms with Gasteiger partial charge in [0.15, 0.2) is 0 Å². The zero-order chi connectivity index (χ0) is 18.8. The molecule has 2 aromatic carbocycles. The number of carbonyl (C=O) groups excluding carboxylic acids is 2. The molecule has 1 fully saturated rings. The molecule has 28 heavy (non-hydrogen) atoms. The van der Waals surface area contributed by atoms with Crippen molar-refractivity contribution < 1.29 is 9.59 Å². The number of hydrogen-bond acceptors (Lipinski definition) is 4. The van der Waals surface area contributed by atoms with Crippen molar-refractivity contribution in [3.05, 3.63) is 60.2 Å². The van der Waals surface area contributed by atoms with Crippen LogP contribution in [0.3, 0.4) is 0 Å². The number of anilines is 2. The van der Waals surface area contributed by atoms with Crippen molar-refractivity contribution in [3.63, 3.8) is 0 Å². The van der Waals surface area contributed by atoms with Crippen LogP contribution in [0.1, 0.15) is 11.5 Å². The predicted octanol–water partition coefficient (Wildman–Crippen LogP) is 2.07. The molecule has 0 bridgehead atoms. The summed E-state index contributed by atoms with van der Waals surface area (Å²) in [5, 5.41) is 2.82. The Hall–Kier alpha value is -2.41. The molecular formula is C21H25ClN4O2. The zero-order valence-electron chi connectivity index (χ0n) is 15.6. The Morgan fingerprint density at radius 2 is 1.79 bits per heavy atom. The first-order valence-corrected chi connectivity index (χ1v) is 9.32. The lowest BCUT2D eigenvalue weighted by atomic mass is 9.89. The number of carbonyl (C=O) groups is 2. The summed E-state index contributed by atoms with van der Waals surface area (Å²) in [5.74, 6) is 0.449. The molecule has 0 saturated carbocycles. The lowest BCUT2D eigenvalue weighted by Gasteiger charge is -2.30. The molecular weight excluding hydrogens is 376 g/mol. The molecule has 148 valence electrons. The van der Waals surface area contributed by atoms with Crippen LogP contribution in [0.5, 0.6) is 0 Å². The summed E-state index contributed by atoms with van der Waals surface area (Å²) in [7, 11) is 0. The standard InChI is InChI=1S/C21H24N4O2.ClH/c22-10-16-11-24(12-17(16)15-6-2-1-3-7-15)14-21(27)25-13-20(26)23-18-8-4-5-9-19(18)25;/h1-9,16-17H,10-14,22H2,(H,23,26);1H/t16-,17+;/m1./s1. The molecule has 0 radical (unpaired) electrons. The molecule has 2 atom stereocenters. The molecule has 4 rings (SSSR count). The first kappa shape index (κ1) is 20.3. The number of fused-ring (bicyclic) bond motifs is 1. The molecule has 7 heteroatoms. The fourth-order valence-corrected chi connectivity index (χ4v) is 4.14. The van der Waals surface area contributed by atoms with Crippen LogP contribution < -0.4 is 16.0 Å². The van der Waals surface area contributed by atoms with Crippen LogP contribution >= 0.6 is 12.4 Å². The quantitative estimate of drug-likeness (QED) is 0.823. The van der Waals surface area contributed by atoms with Gasteiger partial charge >= 0.3 is 0 Å². The normalized spacial score (nSPS) is 21.6. The van der Waals surface area contributed by atoms with Gasteiger partial charge in [-0.15, -0.1) is 12.4 Å². The third-order valence-corrected chi connectivity index (χ3v) is 5.48. The van der Waals surface area contributed by atoms with E-state index in [9.17, 15) is 9.59 Å². The molecule has 1 saturated heterocycles. The number of halogens is 1. The fourth-order valence-electron chi connectivity index (χ4n) is 4.14. The minimum absolute atomic E-state index is 0. The largest absolute Gasteiger partial charge is 0.330 e. The van der Waals surface area contributed by atoms with Crippen LogP contribution in [0.4, 0.5) is 11.4 Å². The molecule has 2 aromatic rings. The summed E-state index contributed by atoms with van der Waals surface area (Å²) in [5.41, 5.74) is 8.72. The summed E-state index contributed by atoms with van der Waals surface area (Å²) < 4.78 is 0. The number of amides is 2. The van der Waals surface area contributed by atoms with E-state index < -0.39 is 0 Å². The molecule has 2 amide bonds. The van der Waals surface area contributed by atoms with Gasteiger partial charge in [0, 0.05) is 19.0 Å². The Morgan fingerprint density at radius 1 is 1.07 bits per heavy atom. The van der Waals surface area contributed by atoms with Gasteiger partial charge in [-0.05, 0) is 30.2 Å². The molecule has 0 spiro atoms. The number of nitrogens with two attached hydrogens (primary N) is 1. The zero-order valence-corrected chi connectivity index (χ0v) is 16.4. The molecule has 6 nitrogen and oxygen atoms in total. The van der Waals surface area contributed by atoms with Crippen LogP contribution in [0, 0.1) is 5.92 Å². The second kappa shape index (κ2) is 8.73. The molecule has 0 unspecified atom stereocenters. The summed E-state index contributed by atoms with van der Waals surface area (Å²) in [6.45, 7) is 2.55. The van der Waals surface area contributed by atoms with Crippen molar-refractivity contribution in [2.45, 2.75) is 5.92 Å². The van der Waals surface area contributed by atoms with E-state index in [1.54, 1.807) is 4.90 Å². The Morgan fingerprint density at radius 3 is 2.54 bits per heavy atom. The summed E-state index contributed by atoms with van der Waals surface area (Å²) in [6, 6.07) is 17.8. The third kappa shape index (κ3) is 4.04. The maximum atomic E-state index is 13.0. The topological polar surface area (TPSA) is 78.7 Å². The van der Waals surface area contributed by atoms with Crippen molar-refractivity contribution >= 4 is 35.6 Å². The highest BCUT2D eigenvalue weighted by atomic mass is 35.5. The van der Waals surface area contributed by atoms with E-state index in [1.165, 1.54) is 5.56 Å². The minimum atomic E-state index is -0.162. The van der Waals surface area contributed by atoms with Gasteiger partial charge < -0.3 is 11.1 Å². The van der Waals surface area contributed by atoms with E-state index >= 15 is 0 Å². The molecule has 0 aliphatic carbocycles. The van der Waals surface area contributed by atoms with E-state index in [4.69, 9.17) is 5.73 Å². The van der Waals surface area contributed by atoms with Gasteiger partial charge in [0.05, 0.1) is 17.9 Å². The second-order valence-electron chi connectivity index (χ2n) is 7.25. The SMILES string of the molecule is Cl.NC[C@@H]1CN(CC(=O)N2CC(=O)Nc3ccccc32)C[C@H]1c1ccccc1. The van der Waals surface area contributed by atoms with Crippen LogP contribution in [0.15, 0.2) is 54.6 Å². The fraction of sp³-hybridized carbons (Fsp3) is 0.333. The molecule has 0 aromatic heterocycles. The molecule has 2 heterocycles. The van der Waals surface area contributed by atoms with E-state index in [0.717, 1.165) is 18.8 Å². The van der Waals surface area contributed by atoms with Gasteiger partial charge in [-0.2, -0.15) is 0 Å². The molecule has 2 aliphatic rings. The number of nitrogens with zero attached hydrogens (tertiary/aromatic N) is 2. The smallest absolute Gasteiger partial charge is 0.244 e. The summed E-state index contributed by atoms with van der Waals surface area (Å²) >= 11 is 0. The van der Waals surface area contributed by atoms with E-state index in [2.05, 4.69) is 22.3 Å². The van der Waals surface area contributed by atoms with Crippen molar-refractivity contribution in [1.82, 2.24) is 4.90 Å². The van der Waals surface area contributed by atoms with Crippen LogP contribution in [0.25, 0.3) is 0 Å². The van der Waals surface area contributed by atoms with Gasteiger partial charge in [0.25, 0.3) is 0 Å². The molecule has 3 N–H and O–H groups in total. The van der Waals surface area contributed by atoms with Crippen molar-refractivity contribution in [2.75, 3.05) is 42.9 Å². The highest BCUT2D eigenvalue weighted by molar-refractivity contribution is 6.10. The Labute approximate surface area is 171 Å². The second-order valence-corrected chi connectivity index (χ2v) is 7.25. The van der Waals surface area contributed by atoms with Gasteiger partial charge in [-0.3, -0.25) is 19.4 Å². The van der Waals surface area contributed by atoms with Crippen LogP contribution in [0.2, 0.25) is 0 Å². The summed E-state index contributed by atoms with van der Waals surface area (Å²) in [4.78, 5) is 28.7. The molecule has 2 aliphatic heterocycles. The first-order chi connectivity index (χ1) is 13.2. The maximum Gasteiger partial charge on any atom is 0.244 e. The van der Waals surface area contributed by atoms with Gasteiger partial charge in [0.2, 0.25) is 11.8 Å². The first-order valence-electron chi connectivity index (χ1n) is 9.32. The number of rotatable bonds is 4. The van der Waals surface area contributed by atoms with Crippen molar-refractivity contribution in [1.29, 1.82) is 0 Å². The van der Waals surface area contributed by atoms with E-state index in [0.29, 0.717) is 30.6 Å². The Balaban J connectivity index is 0.00000225. The van der Waals surface area contributed by atoms with Gasteiger partial charge in [-0.25, -0.2) is 0 Å². The number of benzene rings is 2. The lowest BCUT2D eigenvalue weighted by Crippen LogP contribution is -2.46. The number of hydrogen-bond donors (Lipinski definition) is 2. The number of para-hydroxylation sites is 2. The maximum absolute atomic E-state index is 13.0. The minimum Gasteiger partial charge on any atom is -0.330 e. The Bertz CT molecular complexity index is 845. The highest BCUT2D eigenvalue weighted by Crippen LogP contribution is 2.33. The average Bonchev–Trinajstić information content (AvgIpc) is 3.10. The third-order valence-electron chi connectivity index (χ3n) is 5.48. The average molecular weight is 401 g/mol. The monoisotopic (exact) mass is 400 g/mol. The van der Waals surface area contributed by atoms with Crippen LogP contribution in [-0.2, 0) is 9.59 Å². The van der Waals surface area contributed by atoms with Crippen molar-refractivity contribution in [3.8, 4) is 0 Å². The number of nitrogens with one attached hydrogen (secondary N) is 1. The van der Waals surface area contributed by atoms with E-state index in [1.807, 2.05) is 42.5 Å². The Kier molecular flexibility index (Phi) is 6.34. The van der Waals surface area contributed by atoms with Gasteiger partial charge in [-0.1, -0.05) is 42.5 Å². The predicted molar refractivity (Wildman–Crippen MR) is 113 cm³/mol. The lowest BCUT2D eigenvalue weighted by molar-refractivity contribution is -0.122. The van der Waals surface area contributed by atoms with Gasteiger partial charge in [0.1, 0.15) is 6.54 Å². The van der Waals surface area contributed by atoms with E-state index in [-0.39, 0.29) is 30.8 Å².